The van der Waals surface area contributed by atoms with E-state index in [1.54, 1.807) is 6.07 Å². The average molecular weight is 273 g/mol. The standard InChI is InChI=1S/C14H12FN3S/c1-18(2)10-5-3-9(4-6-10)13-16-11-7-8-12(15)17-14(11)19-13/h3-8H,1-2H3. The summed E-state index contributed by atoms with van der Waals surface area (Å²) in [5.74, 6) is -0.467. The van der Waals surface area contributed by atoms with Crippen molar-refractivity contribution in [1.29, 1.82) is 0 Å². The highest BCUT2D eigenvalue weighted by Crippen LogP contribution is 2.30. The van der Waals surface area contributed by atoms with E-state index in [9.17, 15) is 4.39 Å². The van der Waals surface area contributed by atoms with Crippen molar-refractivity contribution in [2.24, 2.45) is 0 Å². The average Bonchev–Trinajstić information content (AvgIpc) is 2.81. The third-order valence-electron chi connectivity index (χ3n) is 2.85. The molecule has 0 amide bonds. The minimum absolute atomic E-state index is 0.467. The van der Waals surface area contributed by atoms with Crippen molar-refractivity contribution >= 4 is 27.4 Å². The summed E-state index contributed by atoms with van der Waals surface area (Å²) in [6.07, 6.45) is 0. The zero-order chi connectivity index (χ0) is 13.4. The Morgan fingerprint density at radius 2 is 1.74 bits per heavy atom. The number of halogens is 1. The first-order valence-corrected chi connectivity index (χ1v) is 6.66. The molecule has 0 spiro atoms. The summed E-state index contributed by atoms with van der Waals surface area (Å²) >= 11 is 1.40. The van der Waals surface area contributed by atoms with E-state index >= 15 is 0 Å². The van der Waals surface area contributed by atoms with E-state index in [1.807, 2.05) is 43.3 Å². The van der Waals surface area contributed by atoms with Crippen LogP contribution in [0, 0.1) is 5.95 Å². The Morgan fingerprint density at radius 3 is 2.42 bits per heavy atom. The molecule has 96 valence electrons. The Hall–Kier alpha value is -2.01. The van der Waals surface area contributed by atoms with Gasteiger partial charge in [0.2, 0.25) is 5.95 Å². The molecule has 0 bridgehead atoms. The Labute approximate surface area is 114 Å². The Kier molecular flexibility index (Phi) is 2.91. The first-order valence-electron chi connectivity index (χ1n) is 5.84. The quantitative estimate of drug-likeness (QED) is 0.668. The number of benzene rings is 1. The maximum absolute atomic E-state index is 13.1. The summed E-state index contributed by atoms with van der Waals surface area (Å²) in [7, 11) is 4.00. The molecular formula is C14H12FN3S. The predicted octanol–water partition coefficient (Wildman–Crippen LogP) is 3.56. The van der Waals surface area contributed by atoms with E-state index in [4.69, 9.17) is 0 Å². The number of hydrogen-bond donors (Lipinski definition) is 0. The summed E-state index contributed by atoms with van der Waals surface area (Å²) < 4.78 is 13.1. The van der Waals surface area contributed by atoms with E-state index in [0.29, 0.717) is 4.83 Å². The van der Waals surface area contributed by atoms with Gasteiger partial charge in [-0.15, -0.1) is 0 Å². The lowest BCUT2D eigenvalue weighted by atomic mass is 10.2. The van der Waals surface area contributed by atoms with Crippen LogP contribution < -0.4 is 4.90 Å². The summed E-state index contributed by atoms with van der Waals surface area (Å²) in [5, 5.41) is 0.860. The zero-order valence-electron chi connectivity index (χ0n) is 10.6. The molecule has 2 heterocycles. The van der Waals surface area contributed by atoms with Crippen molar-refractivity contribution in [3.05, 3.63) is 42.3 Å². The molecule has 3 rings (SSSR count). The fourth-order valence-corrected chi connectivity index (χ4v) is 2.75. The molecular weight excluding hydrogens is 261 g/mol. The number of aromatic nitrogens is 2. The second-order valence-electron chi connectivity index (χ2n) is 4.42. The van der Waals surface area contributed by atoms with Gasteiger partial charge in [-0.2, -0.15) is 4.39 Å². The van der Waals surface area contributed by atoms with Crippen LogP contribution in [0.2, 0.25) is 0 Å². The number of rotatable bonds is 2. The van der Waals surface area contributed by atoms with Crippen LogP contribution in [-0.4, -0.2) is 24.1 Å². The maximum atomic E-state index is 13.1. The highest BCUT2D eigenvalue weighted by Gasteiger charge is 2.08. The minimum Gasteiger partial charge on any atom is -0.378 e. The van der Waals surface area contributed by atoms with Gasteiger partial charge in [-0.05, 0) is 36.4 Å². The van der Waals surface area contributed by atoms with E-state index in [-0.39, 0.29) is 0 Å². The molecule has 0 aliphatic rings. The van der Waals surface area contributed by atoms with Gasteiger partial charge in [0.05, 0.1) is 0 Å². The van der Waals surface area contributed by atoms with Crippen LogP contribution in [0.5, 0.6) is 0 Å². The highest BCUT2D eigenvalue weighted by atomic mass is 32.1. The van der Waals surface area contributed by atoms with Gasteiger partial charge in [-0.25, -0.2) is 9.97 Å². The maximum Gasteiger partial charge on any atom is 0.214 e. The molecule has 19 heavy (non-hydrogen) atoms. The van der Waals surface area contributed by atoms with Gasteiger partial charge in [0.15, 0.2) is 0 Å². The lowest BCUT2D eigenvalue weighted by Crippen LogP contribution is -2.07. The topological polar surface area (TPSA) is 29.0 Å². The SMILES string of the molecule is CN(C)c1ccc(-c2nc3ccc(F)nc3s2)cc1. The predicted molar refractivity (Wildman–Crippen MR) is 77.1 cm³/mol. The molecule has 0 fully saturated rings. The molecule has 1 aromatic carbocycles. The van der Waals surface area contributed by atoms with Crippen molar-refractivity contribution in [2.75, 3.05) is 19.0 Å². The Morgan fingerprint density at radius 1 is 1.00 bits per heavy atom. The van der Waals surface area contributed by atoms with Crippen molar-refractivity contribution < 1.29 is 4.39 Å². The molecule has 5 heteroatoms. The smallest absolute Gasteiger partial charge is 0.214 e. The normalized spacial score (nSPS) is 10.9. The van der Waals surface area contributed by atoms with Crippen LogP contribution in [0.4, 0.5) is 10.1 Å². The molecule has 0 saturated heterocycles. The molecule has 2 aromatic heterocycles. The summed E-state index contributed by atoms with van der Waals surface area (Å²) in [4.78, 5) is 11.0. The molecule has 3 nitrogen and oxygen atoms in total. The number of anilines is 1. The lowest BCUT2D eigenvalue weighted by Gasteiger charge is -2.11. The van der Waals surface area contributed by atoms with Gasteiger partial charge >= 0.3 is 0 Å². The molecule has 0 unspecified atom stereocenters. The molecule has 0 aliphatic heterocycles. The van der Waals surface area contributed by atoms with E-state index in [1.165, 1.54) is 17.4 Å². The van der Waals surface area contributed by atoms with Crippen molar-refractivity contribution in [3.63, 3.8) is 0 Å². The molecule has 0 atom stereocenters. The monoisotopic (exact) mass is 273 g/mol. The van der Waals surface area contributed by atoms with Crippen LogP contribution in [0.3, 0.4) is 0 Å². The fraction of sp³-hybridized carbons (Fsp3) is 0.143. The fourth-order valence-electron chi connectivity index (χ4n) is 1.82. The van der Waals surface area contributed by atoms with Gasteiger partial charge in [0.1, 0.15) is 15.4 Å². The second-order valence-corrected chi connectivity index (χ2v) is 5.40. The highest BCUT2D eigenvalue weighted by molar-refractivity contribution is 7.21. The molecule has 0 aliphatic carbocycles. The Balaban J connectivity index is 2.03. The first-order chi connectivity index (χ1) is 9.13. The van der Waals surface area contributed by atoms with Crippen molar-refractivity contribution in [1.82, 2.24) is 9.97 Å². The molecule has 3 aromatic rings. The summed E-state index contributed by atoms with van der Waals surface area (Å²) in [5.41, 5.74) is 2.89. The van der Waals surface area contributed by atoms with Crippen molar-refractivity contribution in [2.45, 2.75) is 0 Å². The van der Waals surface area contributed by atoms with E-state index < -0.39 is 5.95 Å². The number of fused-ring (bicyclic) bond motifs is 1. The van der Waals surface area contributed by atoms with Gasteiger partial charge < -0.3 is 4.90 Å². The van der Waals surface area contributed by atoms with E-state index in [2.05, 4.69) is 9.97 Å². The summed E-state index contributed by atoms with van der Waals surface area (Å²) in [6.45, 7) is 0. The van der Waals surface area contributed by atoms with Crippen LogP contribution in [0.25, 0.3) is 20.9 Å². The lowest BCUT2D eigenvalue weighted by molar-refractivity contribution is 0.589. The molecule has 0 radical (unpaired) electrons. The van der Waals surface area contributed by atoms with Gasteiger partial charge in [-0.3, -0.25) is 0 Å². The largest absolute Gasteiger partial charge is 0.378 e. The molecule has 0 saturated carbocycles. The third-order valence-corrected chi connectivity index (χ3v) is 3.87. The van der Waals surface area contributed by atoms with Gasteiger partial charge in [0, 0.05) is 25.3 Å². The van der Waals surface area contributed by atoms with Crippen LogP contribution >= 0.6 is 11.3 Å². The van der Waals surface area contributed by atoms with Crippen molar-refractivity contribution in [3.8, 4) is 10.6 Å². The van der Waals surface area contributed by atoms with Crippen LogP contribution in [0.15, 0.2) is 36.4 Å². The number of pyridine rings is 1. The number of thiazole rings is 1. The summed E-state index contributed by atoms with van der Waals surface area (Å²) in [6, 6.07) is 11.1. The third kappa shape index (κ3) is 2.29. The number of nitrogens with zero attached hydrogens (tertiary/aromatic N) is 3. The van der Waals surface area contributed by atoms with Crippen LogP contribution in [-0.2, 0) is 0 Å². The van der Waals surface area contributed by atoms with Crippen LogP contribution in [0.1, 0.15) is 0 Å². The molecule has 0 N–H and O–H groups in total. The minimum atomic E-state index is -0.467. The second kappa shape index (κ2) is 4.59. The van der Waals surface area contributed by atoms with E-state index in [0.717, 1.165) is 21.8 Å². The zero-order valence-corrected chi connectivity index (χ0v) is 11.4. The van der Waals surface area contributed by atoms with Gasteiger partial charge in [-0.1, -0.05) is 11.3 Å². The number of hydrogen-bond acceptors (Lipinski definition) is 4. The first kappa shape index (κ1) is 12.0. The Bertz CT molecular complexity index is 719. The van der Waals surface area contributed by atoms with Gasteiger partial charge in [0.25, 0.3) is 0 Å².